The van der Waals surface area contributed by atoms with Crippen LogP contribution in [0.1, 0.15) is 16.8 Å². The van der Waals surface area contributed by atoms with Crippen LogP contribution in [0.15, 0.2) is 18.2 Å². The lowest BCUT2D eigenvalue weighted by atomic mass is 10.1. The summed E-state index contributed by atoms with van der Waals surface area (Å²) in [5.74, 6) is 0.618. The Labute approximate surface area is 97.5 Å². The number of halogens is 1. The van der Waals surface area contributed by atoms with Crippen LogP contribution in [0.5, 0.6) is 5.75 Å². The highest BCUT2D eigenvalue weighted by molar-refractivity contribution is 6.19. The van der Waals surface area contributed by atoms with Gasteiger partial charge in [-0.15, -0.1) is 11.6 Å². The second-order valence-electron chi connectivity index (χ2n) is 3.41. The van der Waals surface area contributed by atoms with E-state index < -0.39 is 0 Å². The first kappa shape index (κ1) is 11.0. The Balaban J connectivity index is 2.27. The van der Waals surface area contributed by atoms with Crippen LogP contribution < -0.4 is 10.1 Å². The molecule has 0 bridgehead atoms. The lowest BCUT2D eigenvalue weighted by molar-refractivity contribution is -0.118. The van der Waals surface area contributed by atoms with E-state index in [0.717, 1.165) is 0 Å². The largest absolute Gasteiger partial charge is 0.482 e. The van der Waals surface area contributed by atoms with Crippen molar-refractivity contribution in [2.75, 3.05) is 17.8 Å². The van der Waals surface area contributed by atoms with Gasteiger partial charge in [-0.05, 0) is 18.2 Å². The molecule has 1 N–H and O–H groups in total. The lowest BCUT2D eigenvalue weighted by Crippen LogP contribution is -2.25. The van der Waals surface area contributed by atoms with Gasteiger partial charge in [0.2, 0.25) is 0 Å². The molecule has 5 heteroatoms. The molecule has 2 rings (SSSR count). The van der Waals surface area contributed by atoms with E-state index in [-0.39, 0.29) is 24.7 Å². The molecule has 0 aromatic heterocycles. The molecule has 0 spiro atoms. The van der Waals surface area contributed by atoms with E-state index in [2.05, 4.69) is 5.32 Å². The normalized spacial score (nSPS) is 13.7. The van der Waals surface area contributed by atoms with Crippen LogP contribution in [0.4, 0.5) is 5.69 Å². The van der Waals surface area contributed by atoms with Crippen molar-refractivity contribution in [2.45, 2.75) is 6.42 Å². The van der Waals surface area contributed by atoms with Gasteiger partial charge in [0.05, 0.1) is 5.69 Å². The van der Waals surface area contributed by atoms with Gasteiger partial charge in [-0.3, -0.25) is 9.59 Å². The maximum absolute atomic E-state index is 11.6. The Hall–Kier alpha value is -1.55. The Morgan fingerprint density at radius 3 is 3.06 bits per heavy atom. The third-order valence-electron chi connectivity index (χ3n) is 2.26. The molecule has 0 saturated heterocycles. The minimum Gasteiger partial charge on any atom is -0.482 e. The van der Waals surface area contributed by atoms with E-state index in [9.17, 15) is 9.59 Å². The number of anilines is 1. The molecular formula is C11H10ClNO3. The van der Waals surface area contributed by atoms with Gasteiger partial charge < -0.3 is 10.1 Å². The number of rotatable bonds is 3. The molecule has 0 saturated carbocycles. The zero-order valence-electron chi connectivity index (χ0n) is 8.46. The van der Waals surface area contributed by atoms with Gasteiger partial charge in [-0.1, -0.05) is 0 Å². The van der Waals surface area contributed by atoms with Crippen molar-refractivity contribution in [3.05, 3.63) is 23.8 Å². The van der Waals surface area contributed by atoms with Crippen LogP contribution in [0.2, 0.25) is 0 Å². The first-order valence-corrected chi connectivity index (χ1v) is 5.40. The second kappa shape index (κ2) is 4.53. The van der Waals surface area contributed by atoms with Gasteiger partial charge in [0.1, 0.15) is 5.75 Å². The zero-order valence-corrected chi connectivity index (χ0v) is 9.21. The highest BCUT2D eigenvalue weighted by atomic mass is 35.5. The number of amides is 1. The lowest BCUT2D eigenvalue weighted by Gasteiger charge is -2.18. The molecule has 1 heterocycles. The second-order valence-corrected chi connectivity index (χ2v) is 3.79. The Morgan fingerprint density at radius 2 is 2.31 bits per heavy atom. The van der Waals surface area contributed by atoms with Crippen molar-refractivity contribution in [3.63, 3.8) is 0 Å². The first-order chi connectivity index (χ1) is 7.70. The Bertz CT molecular complexity index is 445. The summed E-state index contributed by atoms with van der Waals surface area (Å²) < 4.78 is 5.18. The van der Waals surface area contributed by atoms with Crippen LogP contribution in [0, 0.1) is 0 Å². The van der Waals surface area contributed by atoms with Crippen molar-refractivity contribution in [3.8, 4) is 5.75 Å². The average molecular weight is 240 g/mol. The number of nitrogens with one attached hydrogen (secondary N) is 1. The quantitative estimate of drug-likeness (QED) is 0.647. The molecule has 1 aromatic carbocycles. The Morgan fingerprint density at radius 1 is 1.50 bits per heavy atom. The summed E-state index contributed by atoms with van der Waals surface area (Å²) in [6.07, 6.45) is 0.287. The van der Waals surface area contributed by atoms with E-state index in [4.69, 9.17) is 16.3 Å². The number of carbonyl (C=O) groups is 2. The number of ketones is 1. The van der Waals surface area contributed by atoms with E-state index in [1.54, 1.807) is 18.2 Å². The van der Waals surface area contributed by atoms with Gasteiger partial charge in [-0.2, -0.15) is 0 Å². The van der Waals surface area contributed by atoms with Crippen LogP contribution in [-0.2, 0) is 4.79 Å². The van der Waals surface area contributed by atoms with Crippen molar-refractivity contribution in [1.82, 2.24) is 0 Å². The van der Waals surface area contributed by atoms with Crippen LogP contribution >= 0.6 is 11.6 Å². The molecule has 0 unspecified atom stereocenters. The number of fused-ring (bicyclic) bond motifs is 1. The number of carbonyl (C=O) groups excluding carboxylic acids is 2. The summed E-state index contributed by atoms with van der Waals surface area (Å²) in [5, 5.41) is 2.65. The van der Waals surface area contributed by atoms with Gasteiger partial charge >= 0.3 is 0 Å². The van der Waals surface area contributed by atoms with Crippen molar-refractivity contribution in [2.24, 2.45) is 0 Å². The minimum atomic E-state index is -0.213. The highest BCUT2D eigenvalue weighted by Gasteiger charge is 2.17. The summed E-state index contributed by atoms with van der Waals surface area (Å²) in [4.78, 5) is 22.7. The van der Waals surface area contributed by atoms with Crippen LogP contribution in [0.25, 0.3) is 0 Å². The molecule has 1 aliphatic heterocycles. The van der Waals surface area contributed by atoms with E-state index >= 15 is 0 Å². The third-order valence-corrected chi connectivity index (χ3v) is 2.44. The van der Waals surface area contributed by atoms with Crippen LogP contribution in [-0.4, -0.2) is 24.2 Å². The summed E-state index contributed by atoms with van der Waals surface area (Å²) >= 11 is 5.50. The van der Waals surface area contributed by atoms with E-state index in [0.29, 0.717) is 22.9 Å². The fraction of sp³-hybridized carbons (Fsp3) is 0.273. The van der Waals surface area contributed by atoms with Crippen molar-refractivity contribution < 1.29 is 14.3 Å². The molecule has 84 valence electrons. The van der Waals surface area contributed by atoms with E-state index in [1.165, 1.54) is 0 Å². The maximum atomic E-state index is 11.6. The van der Waals surface area contributed by atoms with Gasteiger partial charge in [0.15, 0.2) is 12.4 Å². The molecule has 1 aromatic rings. The summed E-state index contributed by atoms with van der Waals surface area (Å²) in [7, 11) is 0. The average Bonchev–Trinajstić information content (AvgIpc) is 2.28. The SMILES string of the molecule is O=C1COc2ccc(C(=O)CCCl)cc2N1. The minimum absolute atomic E-state index is 0.0158. The van der Waals surface area contributed by atoms with Crippen LogP contribution in [0.3, 0.4) is 0 Å². The molecule has 0 radical (unpaired) electrons. The number of alkyl halides is 1. The monoisotopic (exact) mass is 239 g/mol. The predicted molar refractivity (Wildman–Crippen MR) is 60.2 cm³/mol. The smallest absolute Gasteiger partial charge is 0.262 e. The zero-order chi connectivity index (χ0) is 11.5. The molecule has 0 atom stereocenters. The summed E-state index contributed by atoms with van der Waals surface area (Å²) in [6, 6.07) is 4.96. The number of ether oxygens (including phenoxy) is 1. The summed E-state index contributed by atoms with van der Waals surface area (Å²) in [6.45, 7) is 0.0158. The molecule has 0 aliphatic carbocycles. The standard InChI is InChI=1S/C11H10ClNO3/c12-4-3-9(14)7-1-2-10-8(5-7)13-11(15)6-16-10/h1-2,5H,3-4,6H2,(H,13,15). The molecule has 1 amide bonds. The van der Waals surface area contributed by atoms with Gasteiger partial charge in [0.25, 0.3) is 5.91 Å². The first-order valence-electron chi connectivity index (χ1n) is 4.86. The maximum Gasteiger partial charge on any atom is 0.262 e. The molecule has 4 nitrogen and oxygen atoms in total. The van der Waals surface area contributed by atoms with E-state index in [1.807, 2.05) is 0 Å². The fourth-order valence-electron chi connectivity index (χ4n) is 1.49. The van der Waals surface area contributed by atoms with Gasteiger partial charge in [-0.25, -0.2) is 0 Å². The highest BCUT2D eigenvalue weighted by Crippen LogP contribution is 2.28. The molecular weight excluding hydrogens is 230 g/mol. The topological polar surface area (TPSA) is 55.4 Å². The summed E-state index contributed by atoms with van der Waals surface area (Å²) in [5.41, 5.74) is 1.07. The number of hydrogen-bond donors (Lipinski definition) is 1. The number of Topliss-reactive ketones (excluding diaryl/α,β-unsaturated/α-hetero) is 1. The number of benzene rings is 1. The van der Waals surface area contributed by atoms with Crippen molar-refractivity contribution in [1.29, 1.82) is 0 Å². The molecule has 16 heavy (non-hydrogen) atoms. The third kappa shape index (κ3) is 2.17. The molecule has 1 aliphatic rings. The number of hydrogen-bond acceptors (Lipinski definition) is 3. The Kier molecular flexibility index (Phi) is 3.10. The van der Waals surface area contributed by atoms with Gasteiger partial charge in [0, 0.05) is 17.9 Å². The predicted octanol–water partition coefficient (Wildman–Crippen LogP) is 1.83. The van der Waals surface area contributed by atoms with Crippen molar-refractivity contribution >= 4 is 29.0 Å². The fourth-order valence-corrected chi connectivity index (χ4v) is 1.66. The molecule has 0 fully saturated rings.